The lowest BCUT2D eigenvalue weighted by Crippen LogP contribution is -2.19. The maximum absolute atomic E-state index is 12.1. The molecule has 0 saturated carbocycles. The van der Waals surface area contributed by atoms with Crippen LogP contribution in [0.15, 0.2) is 48.5 Å². The number of ether oxygens (including phenoxy) is 1. The van der Waals surface area contributed by atoms with Crippen LogP contribution in [0.1, 0.15) is 21.5 Å². The van der Waals surface area contributed by atoms with Crippen LogP contribution in [0.25, 0.3) is 0 Å². The van der Waals surface area contributed by atoms with E-state index in [4.69, 9.17) is 11.2 Å². The molecule has 0 aliphatic carbocycles. The molecule has 116 valence electrons. The van der Waals surface area contributed by atoms with Crippen LogP contribution in [-0.2, 0) is 11.2 Å². The quantitative estimate of drug-likeness (QED) is 0.368. The van der Waals surface area contributed by atoms with Gasteiger partial charge in [0.2, 0.25) is 0 Å². The topological polar surface area (TPSA) is 69.4 Å². The number of nitrogens with zero attached hydrogens (tertiary/aromatic N) is 1. The largest absolute Gasteiger partial charge is 0.445 e. The minimum absolute atomic E-state index is 0.107. The van der Waals surface area contributed by atoms with Crippen LogP contribution in [0, 0.1) is 29.4 Å². The summed E-state index contributed by atoms with van der Waals surface area (Å²) in [4.78, 5) is 22.6. The van der Waals surface area contributed by atoms with Gasteiger partial charge < -0.3 is 4.74 Å². The highest BCUT2D eigenvalue weighted by Gasteiger charge is 2.18. The molecule has 0 aromatic heterocycles. The Balaban J connectivity index is 2.13. The number of nitro groups is 1. The van der Waals surface area contributed by atoms with Crippen LogP contribution in [0.5, 0.6) is 0 Å². The van der Waals surface area contributed by atoms with Gasteiger partial charge in [-0.1, -0.05) is 42.3 Å². The third kappa shape index (κ3) is 4.17. The fourth-order valence-electron chi connectivity index (χ4n) is 2.09. The average molecular weight is 309 g/mol. The molecule has 2 aromatic rings. The summed E-state index contributed by atoms with van der Waals surface area (Å²) in [6.07, 6.45) is 5.07. The van der Waals surface area contributed by atoms with Crippen molar-refractivity contribution in [2.45, 2.75) is 19.4 Å². The zero-order chi connectivity index (χ0) is 16.8. The van der Waals surface area contributed by atoms with Gasteiger partial charge in [-0.05, 0) is 18.6 Å². The highest BCUT2D eigenvalue weighted by atomic mass is 16.6. The molecule has 0 aliphatic heterocycles. The Labute approximate surface area is 134 Å². The normalized spacial score (nSPS) is 11.3. The van der Waals surface area contributed by atoms with Crippen molar-refractivity contribution in [1.29, 1.82) is 0 Å². The van der Waals surface area contributed by atoms with Crippen molar-refractivity contribution in [3.8, 4) is 12.3 Å². The molecule has 0 saturated heterocycles. The number of rotatable bonds is 5. The van der Waals surface area contributed by atoms with Gasteiger partial charge in [0, 0.05) is 18.1 Å². The standard InChI is InChI=1S/C18H15NO4/c1-3-16(11-14-7-5-4-6-8-14)23-18(20)15-10-9-13(2)17(12-15)19(21)22/h1,4-10,12,16H,11H2,2H3/t16-/m1/s1. The number of hydrogen-bond donors (Lipinski definition) is 0. The Kier molecular flexibility index (Phi) is 5.11. The number of aryl methyl sites for hydroxylation is 1. The van der Waals surface area contributed by atoms with E-state index in [-0.39, 0.29) is 11.3 Å². The van der Waals surface area contributed by atoms with Crippen LogP contribution < -0.4 is 0 Å². The second-order valence-electron chi connectivity index (χ2n) is 5.01. The molecule has 0 heterocycles. The van der Waals surface area contributed by atoms with E-state index in [9.17, 15) is 14.9 Å². The fourth-order valence-corrected chi connectivity index (χ4v) is 2.09. The summed E-state index contributed by atoms with van der Waals surface area (Å²) in [5.41, 5.74) is 1.40. The summed E-state index contributed by atoms with van der Waals surface area (Å²) in [7, 11) is 0. The summed E-state index contributed by atoms with van der Waals surface area (Å²) >= 11 is 0. The zero-order valence-electron chi connectivity index (χ0n) is 12.6. The second-order valence-corrected chi connectivity index (χ2v) is 5.01. The average Bonchev–Trinajstić information content (AvgIpc) is 2.55. The number of hydrogen-bond acceptors (Lipinski definition) is 4. The van der Waals surface area contributed by atoms with Gasteiger partial charge in [-0.25, -0.2) is 4.79 Å². The molecular formula is C18H15NO4. The lowest BCUT2D eigenvalue weighted by Gasteiger charge is -2.12. The predicted molar refractivity (Wildman–Crippen MR) is 86.0 cm³/mol. The number of terminal acetylenes is 1. The molecule has 0 radical (unpaired) electrons. The molecule has 0 fully saturated rings. The van der Waals surface area contributed by atoms with E-state index < -0.39 is 17.0 Å². The van der Waals surface area contributed by atoms with Crippen molar-refractivity contribution in [2.24, 2.45) is 0 Å². The van der Waals surface area contributed by atoms with Crippen molar-refractivity contribution in [3.05, 3.63) is 75.3 Å². The Morgan fingerprint density at radius 3 is 2.61 bits per heavy atom. The first-order chi connectivity index (χ1) is 11.0. The molecule has 0 amide bonds. The number of carbonyl (C=O) groups is 1. The Morgan fingerprint density at radius 1 is 1.30 bits per heavy atom. The molecule has 0 N–H and O–H groups in total. The maximum Gasteiger partial charge on any atom is 0.339 e. The summed E-state index contributed by atoms with van der Waals surface area (Å²) in [6, 6.07) is 13.6. The van der Waals surface area contributed by atoms with Crippen molar-refractivity contribution >= 4 is 11.7 Å². The first kappa shape index (κ1) is 16.2. The van der Waals surface area contributed by atoms with Crippen LogP contribution in [0.4, 0.5) is 5.69 Å². The first-order valence-corrected chi connectivity index (χ1v) is 6.97. The maximum atomic E-state index is 12.1. The van der Waals surface area contributed by atoms with Gasteiger partial charge in [-0.2, -0.15) is 0 Å². The molecule has 0 bridgehead atoms. The number of nitro benzene ring substituents is 1. The van der Waals surface area contributed by atoms with Crippen molar-refractivity contribution in [3.63, 3.8) is 0 Å². The van der Waals surface area contributed by atoms with E-state index in [0.29, 0.717) is 12.0 Å². The van der Waals surface area contributed by atoms with E-state index in [1.807, 2.05) is 30.3 Å². The zero-order valence-corrected chi connectivity index (χ0v) is 12.6. The van der Waals surface area contributed by atoms with Gasteiger partial charge in [0.05, 0.1) is 10.5 Å². The van der Waals surface area contributed by atoms with Gasteiger partial charge >= 0.3 is 5.97 Å². The fraction of sp³-hybridized carbons (Fsp3) is 0.167. The van der Waals surface area contributed by atoms with Crippen molar-refractivity contribution < 1.29 is 14.5 Å². The molecule has 0 spiro atoms. The third-order valence-corrected chi connectivity index (χ3v) is 3.34. The smallest absolute Gasteiger partial charge is 0.339 e. The predicted octanol–water partition coefficient (Wildman–Crippen LogP) is 3.30. The Bertz CT molecular complexity index is 762. The molecule has 5 nitrogen and oxygen atoms in total. The molecule has 5 heteroatoms. The summed E-state index contributed by atoms with van der Waals surface area (Å²) in [5.74, 6) is 1.75. The lowest BCUT2D eigenvalue weighted by molar-refractivity contribution is -0.385. The van der Waals surface area contributed by atoms with E-state index in [0.717, 1.165) is 5.56 Å². The molecule has 0 aliphatic rings. The summed E-state index contributed by atoms with van der Waals surface area (Å²) in [5, 5.41) is 10.9. The molecule has 2 rings (SSSR count). The van der Waals surface area contributed by atoms with Crippen molar-refractivity contribution in [2.75, 3.05) is 0 Å². The monoisotopic (exact) mass is 309 g/mol. The lowest BCUT2D eigenvalue weighted by atomic mass is 10.1. The van der Waals surface area contributed by atoms with Crippen LogP contribution in [0.3, 0.4) is 0 Å². The van der Waals surface area contributed by atoms with Gasteiger partial charge in [-0.15, -0.1) is 6.42 Å². The first-order valence-electron chi connectivity index (χ1n) is 6.97. The van der Waals surface area contributed by atoms with E-state index in [1.54, 1.807) is 6.92 Å². The number of carbonyl (C=O) groups excluding carboxylic acids is 1. The Hall–Kier alpha value is -3.13. The molecule has 0 unspecified atom stereocenters. The van der Waals surface area contributed by atoms with E-state index in [2.05, 4.69) is 5.92 Å². The number of esters is 1. The summed E-state index contributed by atoms with van der Waals surface area (Å²) < 4.78 is 5.27. The van der Waals surface area contributed by atoms with Crippen LogP contribution in [0.2, 0.25) is 0 Å². The van der Waals surface area contributed by atoms with Crippen LogP contribution in [-0.4, -0.2) is 17.0 Å². The highest BCUT2D eigenvalue weighted by Crippen LogP contribution is 2.20. The second kappa shape index (κ2) is 7.23. The summed E-state index contributed by atoms with van der Waals surface area (Å²) in [6.45, 7) is 1.60. The molecule has 23 heavy (non-hydrogen) atoms. The van der Waals surface area contributed by atoms with Crippen LogP contribution >= 0.6 is 0 Å². The van der Waals surface area contributed by atoms with E-state index >= 15 is 0 Å². The minimum Gasteiger partial charge on any atom is -0.445 e. The SMILES string of the molecule is C#C[C@H](Cc1ccccc1)OC(=O)c1ccc(C)c([N+](=O)[O-])c1. The molecule has 2 aromatic carbocycles. The molecule has 1 atom stereocenters. The minimum atomic E-state index is -0.731. The third-order valence-electron chi connectivity index (χ3n) is 3.34. The van der Waals surface area contributed by atoms with E-state index in [1.165, 1.54) is 18.2 Å². The van der Waals surface area contributed by atoms with Gasteiger partial charge in [0.15, 0.2) is 6.10 Å². The van der Waals surface area contributed by atoms with Gasteiger partial charge in [0.25, 0.3) is 5.69 Å². The van der Waals surface area contributed by atoms with Gasteiger partial charge in [0.1, 0.15) is 0 Å². The highest BCUT2D eigenvalue weighted by molar-refractivity contribution is 5.90. The Morgan fingerprint density at radius 2 is 2.00 bits per heavy atom. The van der Waals surface area contributed by atoms with Gasteiger partial charge in [-0.3, -0.25) is 10.1 Å². The molecular weight excluding hydrogens is 294 g/mol. The van der Waals surface area contributed by atoms with Crippen molar-refractivity contribution in [1.82, 2.24) is 0 Å². The number of benzene rings is 2.